The molecule has 2 aromatic rings. The van der Waals surface area contributed by atoms with Gasteiger partial charge in [-0.2, -0.15) is 0 Å². The number of hydrogen-bond donors (Lipinski definition) is 0. The van der Waals surface area contributed by atoms with Gasteiger partial charge in [0.2, 0.25) is 23.6 Å². The second-order valence-electron chi connectivity index (χ2n) is 18.3. The summed E-state index contributed by atoms with van der Waals surface area (Å²) in [6, 6.07) is 15.0. The summed E-state index contributed by atoms with van der Waals surface area (Å²) in [5.41, 5.74) is 1.25. The van der Waals surface area contributed by atoms with Gasteiger partial charge in [0, 0.05) is 5.54 Å². The number of carbonyl (C=O) groups excluding carboxylic acids is 6. The van der Waals surface area contributed by atoms with Crippen LogP contribution in [-0.4, -0.2) is 58.2 Å². The van der Waals surface area contributed by atoms with E-state index >= 15 is 0 Å². The highest BCUT2D eigenvalue weighted by Gasteiger charge is 2.55. The standard InChI is InChI=1S/C46H58N2O9/c1-7-45(3,4)29-11-15-31(16-12-29)55-32-17-13-30(14-18-32)47-39(49)35-23-9-27(25-37(35)40(47)50)43(53)56-33-19-21-34(22-20-33)57-44(54)28-10-24-36-38(26-28)42(52)48(41(36)51)46(5,6)8-2/h11-18,27-28,33-38H,7-10,19-26H2,1-6H3. The lowest BCUT2D eigenvalue weighted by molar-refractivity contribution is -0.165. The third-order valence-corrected chi connectivity index (χ3v) is 14.0. The minimum absolute atomic E-state index is 0.0774. The first-order chi connectivity index (χ1) is 27.1. The highest BCUT2D eigenvalue weighted by molar-refractivity contribution is 6.22. The molecular formula is C46H58N2O9. The maximum atomic E-state index is 13.7. The van der Waals surface area contributed by atoms with Gasteiger partial charge in [0.15, 0.2) is 0 Å². The summed E-state index contributed by atoms with van der Waals surface area (Å²) >= 11 is 0. The number of fused-ring (bicyclic) bond motifs is 2. The number of likely N-dealkylation sites (tertiary alicyclic amines) is 1. The number of carbonyl (C=O) groups is 6. The molecule has 306 valence electrons. The highest BCUT2D eigenvalue weighted by atomic mass is 16.6. The first kappa shape index (κ1) is 40.6. The molecule has 3 aliphatic carbocycles. The van der Waals surface area contributed by atoms with E-state index in [0.29, 0.717) is 81.4 Å². The number of esters is 2. The fourth-order valence-electron chi connectivity index (χ4n) is 9.56. The molecule has 0 radical (unpaired) electrons. The Hall–Kier alpha value is -4.54. The molecule has 6 atom stereocenters. The topological polar surface area (TPSA) is 137 Å². The third-order valence-electron chi connectivity index (χ3n) is 14.0. The van der Waals surface area contributed by atoms with E-state index in [2.05, 4.69) is 32.9 Å². The largest absolute Gasteiger partial charge is 0.462 e. The van der Waals surface area contributed by atoms with E-state index in [1.165, 1.54) is 15.4 Å². The molecule has 11 heteroatoms. The van der Waals surface area contributed by atoms with Crippen molar-refractivity contribution in [1.82, 2.24) is 4.90 Å². The first-order valence-electron chi connectivity index (χ1n) is 21.2. The average Bonchev–Trinajstić information content (AvgIpc) is 3.62. The molecule has 0 bridgehead atoms. The Labute approximate surface area is 336 Å². The molecule has 5 fully saturated rings. The van der Waals surface area contributed by atoms with E-state index in [1.807, 2.05) is 32.9 Å². The zero-order valence-corrected chi connectivity index (χ0v) is 34.3. The van der Waals surface area contributed by atoms with Crippen LogP contribution < -0.4 is 9.64 Å². The van der Waals surface area contributed by atoms with Crippen molar-refractivity contribution >= 4 is 41.3 Å². The molecule has 6 unspecified atom stereocenters. The maximum absolute atomic E-state index is 13.7. The van der Waals surface area contributed by atoms with Crippen LogP contribution in [0.4, 0.5) is 5.69 Å². The molecule has 3 saturated carbocycles. The summed E-state index contributed by atoms with van der Waals surface area (Å²) in [6.07, 6.45) is 5.86. The normalized spacial score (nSPS) is 29.2. The number of anilines is 1. The van der Waals surface area contributed by atoms with Gasteiger partial charge >= 0.3 is 11.9 Å². The zero-order chi connectivity index (χ0) is 40.8. The van der Waals surface area contributed by atoms with Crippen LogP contribution >= 0.6 is 0 Å². The molecule has 4 amide bonds. The average molecular weight is 783 g/mol. The SMILES string of the molecule is CCC(C)(C)c1ccc(Oc2ccc(N3C(=O)C4CCC(C(=O)OC5CCC(OC(=O)C6CCC7C(=O)N(C(C)(C)CC)C(=O)C7C6)CC5)CC4C3=O)cc2)cc1. The number of ether oxygens (including phenoxy) is 3. The van der Waals surface area contributed by atoms with E-state index < -0.39 is 35.1 Å². The quantitative estimate of drug-likeness (QED) is 0.164. The fraction of sp³-hybridized carbons (Fsp3) is 0.609. The van der Waals surface area contributed by atoms with Crippen molar-refractivity contribution in [3.63, 3.8) is 0 Å². The van der Waals surface area contributed by atoms with Crippen LogP contribution in [0, 0.1) is 35.5 Å². The van der Waals surface area contributed by atoms with Crippen molar-refractivity contribution < 1.29 is 43.0 Å². The number of rotatable bonds is 11. The molecule has 2 heterocycles. The molecule has 0 N–H and O–H groups in total. The summed E-state index contributed by atoms with van der Waals surface area (Å²) < 4.78 is 17.9. The number of nitrogens with zero attached hydrogens (tertiary/aromatic N) is 2. The smallest absolute Gasteiger partial charge is 0.309 e. The Morgan fingerprint density at radius 3 is 1.51 bits per heavy atom. The van der Waals surface area contributed by atoms with Gasteiger partial charge in [-0.25, -0.2) is 0 Å². The van der Waals surface area contributed by atoms with Gasteiger partial charge in [0.05, 0.1) is 41.2 Å². The summed E-state index contributed by atoms with van der Waals surface area (Å²) in [5.74, 6) is -2.91. The van der Waals surface area contributed by atoms with E-state index in [1.54, 1.807) is 24.3 Å². The van der Waals surface area contributed by atoms with Gasteiger partial charge in [-0.15, -0.1) is 0 Å². The Balaban J connectivity index is 0.865. The van der Waals surface area contributed by atoms with E-state index in [-0.39, 0.29) is 65.5 Å². The monoisotopic (exact) mass is 782 g/mol. The van der Waals surface area contributed by atoms with E-state index in [0.717, 1.165) is 6.42 Å². The van der Waals surface area contributed by atoms with Crippen LogP contribution in [0.2, 0.25) is 0 Å². The van der Waals surface area contributed by atoms with Crippen molar-refractivity contribution in [1.29, 1.82) is 0 Å². The minimum Gasteiger partial charge on any atom is -0.462 e. The summed E-state index contributed by atoms with van der Waals surface area (Å²) in [6.45, 7) is 12.4. The van der Waals surface area contributed by atoms with Crippen LogP contribution in [0.5, 0.6) is 11.5 Å². The molecule has 5 aliphatic rings. The van der Waals surface area contributed by atoms with Crippen molar-refractivity contribution in [3.05, 3.63) is 54.1 Å². The van der Waals surface area contributed by atoms with Gasteiger partial charge in [0.25, 0.3) is 0 Å². The number of imide groups is 2. The molecule has 2 aliphatic heterocycles. The summed E-state index contributed by atoms with van der Waals surface area (Å²) in [5, 5.41) is 0. The van der Waals surface area contributed by atoms with Crippen LogP contribution in [0.1, 0.15) is 124 Å². The second kappa shape index (κ2) is 16.0. The molecule has 2 saturated heterocycles. The van der Waals surface area contributed by atoms with Crippen LogP contribution in [-0.2, 0) is 43.7 Å². The molecule has 11 nitrogen and oxygen atoms in total. The lowest BCUT2D eigenvalue weighted by Gasteiger charge is -2.33. The first-order valence-corrected chi connectivity index (χ1v) is 21.2. The Kier molecular flexibility index (Phi) is 11.4. The second-order valence-corrected chi connectivity index (χ2v) is 18.3. The Morgan fingerprint density at radius 1 is 0.579 bits per heavy atom. The predicted octanol–water partition coefficient (Wildman–Crippen LogP) is 8.06. The molecule has 0 aromatic heterocycles. The van der Waals surface area contributed by atoms with Gasteiger partial charge < -0.3 is 14.2 Å². The van der Waals surface area contributed by atoms with Gasteiger partial charge in [0.1, 0.15) is 23.7 Å². The lowest BCUT2D eigenvalue weighted by Crippen LogP contribution is -2.47. The van der Waals surface area contributed by atoms with Gasteiger partial charge in [-0.3, -0.25) is 38.6 Å². The third kappa shape index (κ3) is 8.00. The predicted molar refractivity (Wildman–Crippen MR) is 212 cm³/mol. The van der Waals surface area contributed by atoms with Gasteiger partial charge in [-0.1, -0.05) is 39.8 Å². The maximum Gasteiger partial charge on any atom is 0.309 e. The molecule has 2 aromatic carbocycles. The molecule has 7 rings (SSSR count). The lowest BCUT2D eigenvalue weighted by atomic mass is 9.75. The van der Waals surface area contributed by atoms with E-state index in [4.69, 9.17) is 14.2 Å². The summed E-state index contributed by atoms with van der Waals surface area (Å²) in [4.78, 5) is 82.8. The van der Waals surface area contributed by atoms with Crippen molar-refractivity contribution in [2.24, 2.45) is 35.5 Å². The number of hydrogen-bond acceptors (Lipinski definition) is 9. The Bertz CT molecular complexity index is 1880. The van der Waals surface area contributed by atoms with Crippen molar-refractivity contribution in [3.8, 4) is 11.5 Å². The fourth-order valence-corrected chi connectivity index (χ4v) is 9.56. The molecular weight excluding hydrogens is 725 g/mol. The Morgan fingerprint density at radius 2 is 1.02 bits per heavy atom. The molecule has 57 heavy (non-hydrogen) atoms. The minimum atomic E-state index is -0.574. The van der Waals surface area contributed by atoms with Gasteiger partial charge in [-0.05, 0) is 138 Å². The van der Waals surface area contributed by atoms with E-state index in [9.17, 15) is 28.8 Å². The summed E-state index contributed by atoms with van der Waals surface area (Å²) in [7, 11) is 0. The highest BCUT2D eigenvalue weighted by Crippen LogP contribution is 2.45. The van der Waals surface area contributed by atoms with Crippen molar-refractivity contribution in [2.75, 3.05) is 4.90 Å². The van der Waals surface area contributed by atoms with Crippen LogP contribution in [0.3, 0.4) is 0 Å². The zero-order valence-electron chi connectivity index (χ0n) is 34.3. The van der Waals surface area contributed by atoms with Crippen LogP contribution in [0.15, 0.2) is 48.5 Å². The number of amides is 4. The van der Waals surface area contributed by atoms with Crippen molar-refractivity contribution in [2.45, 2.75) is 142 Å². The van der Waals surface area contributed by atoms with Crippen LogP contribution in [0.25, 0.3) is 0 Å². The number of benzene rings is 2. The molecule has 0 spiro atoms.